The van der Waals surface area contributed by atoms with Crippen molar-refractivity contribution < 1.29 is 0 Å². The third-order valence-electron chi connectivity index (χ3n) is 16.0. The van der Waals surface area contributed by atoms with Gasteiger partial charge in [-0.2, -0.15) is 20.4 Å². The molecule has 0 spiro atoms. The van der Waals surface area contributed by atoms with Crippen LogP contribution in [-0.4, -0.2) is 105 Å². The van der Waals surface area contributed by atoms with Crippen LogP contribution in [0.15, 0.2) is 263 Å². The van der Waals surface area contributed by atoms with Gasteiger partial charge < -0.3 is 4.98 Å². The highest BCUT2D eigenvalue weighted by molar-refractivity contribution is 6.06. The number of nitrogens with one attached hydrogen (secondary N) is 1. The van der Waals surface area contributed by atoms with Crippen LogP contribution in [0.1, 0.15) is 51.2 Å². The topological polar surface area (TPSA) is 274 Å². The van der Waals surface area contributed by atoms with Gasteiger partial charge in [0.1, 0.15) is 35.5 Å². The van der Waals surface area contributed by atoms with Gasteiger partial charge in [-0.3, -0.25) is 39.9 Å². The molecule has 0 saturated heterocycles. The summed E-state index contributed by atoms with van der Waals surface area (Å²) in [5, 5.41) is 27.5. The maximum absolute atomic E-state index is 4.60. The molecule has 0 amide bonds. The standard InChI is InChI=1S/C14H11N.C10H9N.4C9H8N2.2C7H6N4.C7H7N3/c1-10-11-6-2-3-7-12(11)13-8-4-5-9-14(13)15-10;1-8-10-5-3-2-4-9(10)6-7-11-8;1-7-8-3-2-5-11-9(8)4-6-10-7;1-7-9-8(4-6-10-7)3-2-5-11-9;1-7-8-4-2-3-5-9(8)11-6-10-7;1-7-9-5-3-2-4-8(9)6-10-11-7;1-5-6-7(11-4-10-5)9-3-2-8-6;1-5-7-6(4-10-11-5)8-2-3-9-7;1-5-7-6(2-3-8-7)10-4-9-5/h2-9H,1H3;2-7H,1H3;4*2-6H,1H3;2*2-4H,1H3;2-4,8H,1H3. The van der Waals surface area contributed by atoms with Gasteiger partial charge in [0, 0.05) is 128 Å². The summed E-state index contributed by atoms with van der Waals surface area (Å²) in [5.74, 6) is 0. The minimum atomic E-state index is 0.653. The Bertz CT molecular complexity index is 5180. The van der Waals surface area contributed by atoms with E-state index in [0.717, 1.165) is 122 Å². The first kappa shape index (κ1) is 69.8. The van der Waals surface area contributed by atoms with Gasteiger partial charge in [-0.15, -0.1) is 0 Å². The SMILES string of the molecule is Cc1nc2ccccc2c2ccccc12.Cc1nccc2ccccc12.Cc1nccc2cccnc12.Cc1nccc2ncccc12.Cc1ncnc2cc[nH]c12.Cc1ncnc2ccccc12.Cc1ncnc2nccnc12.Cc1nncc2ccccc12.Cc1nncc2nccnc12. The number of pyridine rings is 6. The maximum atomic E-state index is 4.60. The number of benzene rings is 5. The molecule has 1 N–H and O–H groups in total. The first-order valence-corrected chi connectivity index (χ1v) is 32.6. The zero-order valence-electron chi connectivity index (χ0n) is 57.8. The van der Waals surface area contributed by atoms with Gasteiger partial charge in [-0.25, -0.2) is 39.9 Å². The number of fused-ring (bicyclic) bond motifs is 11. The van der Waals surface area contributed by atoms with Gasteiger partial charge in [0.2, 0.25) is 0 Å². The summed E-state index contributed by atoms with van der Waals surface area (Å²) < 4.78 is 0. The molecule has 0 aliphatic rings. The van der Waals surface area contributed by atoms with E-state index < -0.39 is 0 Å². The van der Waals surface area contributed by atoms with Crippen LogP contribution in [0.25, 0.3) is 109 Å². The van der Waals surface area contributed by atoms with Gasteiger partial charge >= 0.3 is 0 Å². The molecule has 21 heteroatoms. The zero-order valence-corrected chi connectivity index (χ0v) is 57.8. The summed E-state index contributed by atoms with van der Waals surface area (Å²) >= 11 is 0. The van der Waals surface area contributed by atoms with Gasteiger partial charge in [0.15, 0.2) is 5.65 Å². The smallest absolute Gasteiger partial charge is 0.181 e. The van der Waals surface area contributed by atoms with Gasteiger partial charge in [0.05, 0.1) is 74.0 Å². The second-order valence-corrected chi connectivity index (χ2v) is 22.9. The second kappa shape index (κ2) is 34.6. The molecule has 102 heavy (non-hydrogen) atoms. The second-order valence-electron chi connectivity index (χ2n) is 22.9. The number of nitrogens with zero attached hydrogens (tertiary/aromatic N) is 20. The fraction of sp³-hybridized carbons (Fsp3) is 0.111. The van der Waals surface area contributed by atoms with E-state index in [9.17, 15) is 0 Å². The predicted molar refractivity (Wildman–Crippen MR) is 406 cm³/mol. The van der Waals surface area contributed by atoms with Gasteiger partial charge in [0.25, 0.3) is 0 Å². The molecule has 19 aromatic rings. The summed E-state index contributed by atoms with van der Waals surface area (Å²) in [6.45, 7) is 17.7. The molecule has 0 unspecified atom stereocenters. The van der Waals surface area contributed by atoms with E-state index in [1.165, 1.54) is 38.6 Å². The third-order valence-corrected chi connectivity index (χ3v) is 16.0. The molecular formula is C81H71N21. The lowest BCUT2D eigenvalue weighted by Gasteiger charge is -2.05. The molecular weight excluding hydrogens is 1270 g/mol. The molecule has 0 radical (unpaired) electrons. The summed E-state index contributed by atoms with van der Waals surface area (Å²) in [6.07, 6.45) is 25.5. The molecule has 0 fully saturated rings. The Morgan fingerprint density at radius 2 is 0.716 bits per heavy atom. The van der Waals surface area contributed by atoms with E-state index in [2.05, 4.69) is 173 Å². The summed E-state index contributed by atoms with van der Waals surface area (Å²) in [6, 6.07) is 56.9. The number of H-pyrrole nitrogens is 1. The van der Waals surface area contributed by atoms with Crippen LogP contribution in [0.4, 0.5) is 0 Å². The van der Waals surface area contributed by atoms with Crippen LogP contribution in [-0.2, 0) is 0 Å². The fourth-order valence-corrected chi connectivity index (χ4v) is 10.8. The number of para-hydroxylation sites is 2. The first-order valence-electron chi connectivity index (χ1n) is 32.6. The Labute approximate surface area is 588 Å². The van der Waals surface area contributed by atoms with Crippen molar-refractivity contribution in [2.24, 2.45) is 0 Å². The highest BCUT2D eigenvalue weighted by Gasteiger charge is 2.05. The summed E-state index contributed by atoms with van der Waals surface area (Å²) in [7, 11) is 0. The molecule has 0 bridgehead atoms. The first-order chi connectivity index (χ1) is 49.9. The van der Waals surface area contributed by atoms with Crippen LogP contribution >= 0.6 is 0 Å². The fourth-order valence-electron chi connectivity index (χ4n) is 10.8. The van der Waals surface area contributed by atoms with Crippen molar-refractivity contribution in [1.82, 2.24) is 105 Å². The Balaban J connectivity index is 0.000000116. The Hall–Kier alpha value is -13.6. The maximum Gasteiger partial charge on any atom is 0.181 e. The normalized spacial score (nSPS) is 10.4. The molecule has 0 aliphatic carbocycles. The average Bonchev–Trinajstić information content (AvgIpc) is 1.12. The van der Waals surface area contributed by atoms with Crippen LogP contribution in [0.5, 0.6) is 0 Å². The van der Waals surface area contributed by atoms with Crippen molar-refractivity contribution in [1.29, 1.82) is 0 Å². The molecule has 0 saturated carbocycles. The molecule has 500 valence electrons. The lowest BCUT2D eigenvalue weighted by atomic mass is 10.0. The molecule has 19 rings (SSSR count). The van der Waals surface area contributed by atoms with Crippen molar-refractivity contribution in [3.63, 3.8) is 0 Å². The van der Waals surface area contributed by atoms with E-state index in [1.807, 2.05) is 177 Å². The summed E-state index contributed by atoms with van der Waals surface area (Å²) in [5.41, 5.74) is 18.1. The van der Waals surface area contributed by atoms with Crippen molar-refractivity contribution in [3.05, 3.63) is 314 Å². The highest BCUT2D eigenvalue weighted by Crippen LogP contribution is 2.26. The Morgan fingerprint density at radius 1 is 0.235 bits per heavy atom. The number of hydrogen-bond donors (Lipinski definition) is 1. The zero-order chi connectivity index (χ0) is 71.0. The molecule has 0 atom stereocenters. The van der Waals surface area contributed by atoms with Crippen LogP contribution < -0.4 is 0 Å². The monoisotopic (exact) mass is 1340 g/mol. The lowest BCUT2D eigenvalue weighted by molar-refractivity contribution is 0.987. The van der Waals surface area contributed by atoms with E-state index in [0.29, 0.717) is 5.65 Å². The molecule has 0 aliphatic heterocycles. The van der Waals surface area contributed by atoms with E-state index in [4.69, 9.17) is 0 Å². The van der Waals surface area contributed by atoms with Crippen molar-refractivity contribution in [2.45, 2.75) is 62.3 Å². The summed E-state index contributed by atoms with van der Waals surface area (Å²) in [4.78, 5) is 69.2. The number of hydrogen-bond acceptors (Lipinski definition) is 20. The van der Waals surface area contributed by atoms with Crippen molar-refractivity contribution in [3.8, 4) is 0 Å². The van der Waals surface area contributed by atoms with Crippen molar-refractivity contribution in [2.75, 3.05) is 0 Å². The highest BCUT2D eigenvalue weighted by atomic mass is 15.1. The largest absolute Gasteiger partial charge is 0.358 e. The number of aromatic amines is 1. The van der Waals surface area contributed by atoms with Gasteiger partial charge in [-0.1, -0.05) is 115 Å². The molecule has 14 heterocycles. The predicted octanol–water partition coefficient (Wildman–Crippen LogP) is 16.7. The quantitative estimate of drug-likeness (QED) is 0.138. The number of aryl methyl sites for hydroxylation is 9. The number of aromatic nitrogens is 21. The molecule has 14 aromatic heterocycles. The van der Waals surface area contributed by atoms with E-state index in [-0.39, 0.29) is 0 Å². The lowest BCUT2D eigenvalue weighted by Crippen LogP contribution is -1.91. The average molecular weight is 1340 g/mol. The van der Waals surface area contributed by atoms with Crippen LogP contribution in [0.3, 0.4) is 0 Å². The molecule has 21 nitrogen and oxygen atoms in total. The third kappa shape index (κ3) is 18.0. The van der Waals surface area contributed by atoms with E-state index in [1.54, 1.807) is 74.6 Å². The minimum absolute atomic E-state index is 0.653. The van der Waals surface area contributed by atoms with Crippen LogP contribution in [0, 0.1) is 62.3 Å². The van der Waals surface area contributed by atoms with Gasteiger partial charge in [-0.05, 0) is 128 Å². The number of rotatable bonds is 0. The van der Waals surface area contributed by atoms with E-state index >= 15 is 0 Å². The molecule has 5 aromatic carbocycles. The minimum Gasteiger partial charge on any atom is -0.358 e. The Morgan fingerprint density at radius 3 is 1.43 bits per heavy atom. The Kier molecular flexibility index (Phi) is 23.7. The van der Waals surface area contributed by atoms with Crippen LogP contribution in [0.2, 0.25) is 0 Å². The van der Waals surface area contributed by atoms with Crippen molar-refractivity contribution >= 4 is 109 Å².